The minimum Gasteiger partial charge on any atom is -0.314 e. The highest BCUT2D eigenvalue weighted by molar-refractivity contribution is 5.30. The summed E-state index contributed by atoms with van der Waals surface area (Å²) in [5.41, 5.74) is 3.14. The van der Waals surface area contributed by atoms with E-state index >= 15 is 0 Å². The molecule has 19 heavy (non-hydrogen) atoms. The first-order valence-electron chi connectivity index (χ1n) is 8.21. The number of nitrogens with one attached hydrogen (secondary N) is 1. The van der Waals surface area contributed by atoms with Crippen molar-refractivity contribution in [1.82, 2.24) is 5.32 Å². The van der Waals surface area contributed by atoms with E-state index in [1.54, 1.807) is 11.1 Å². The normalized spacial score (nSPS) is 28.1. The quantitative estimate of drug-likeness (QED) is 0.832. The van der Waals surface area contributed by atoms with Gasteiger partial charge in [0.05, 0.1) is 0 Å². The average Bonchev–Trinajstić information content (AvgIpc) is 2.39. The van der Waals surface area contributed by atoms with Crippen LogP contribution in [0.5, 0.6) is 0 Å². The smallest absolute Gasteiger partial charge is 0.0136 e. The molecule has 0 aromatic heterocycles. The largest absolute Gasteiger partial charge is 0.314 e. The minimum atomic E-state index is 0.702. The standard InChI is InChI=1S/C18H27N/c1-2-19-18-9-4-3-8-17(18)16-12-10-15(11-13-16)14-6-5-7-14/h10-14,17-19H,2-9H2,1H3. The Hall–Kier alpha value is -0.820. The Balaban J connectivity index is 1.72. The Kier molecular flexibility index (Phi) is 4.22. The van der Waals surface area contributed by atoms with Gasteiger partial charge in [0.25, 0.3) is 0 Å². The fraction of sp³-hybridized carbons (Fsp3) is 0.667. The van der Waals surface area contributed by atoms with Gasteiger partial charge in [-0.15, -0.1) is 0 Å². The summed E-state index contributed by atoms with van der Waals surface area (Å²) in [7, 11) is 0. The van der Waals surface area contributed by atoms with Crippen LogP contribution in [0.4, 0.5) is 0 Å². The van der Waals surface area contributed by atoms with Gasteiger partial charge in [0.1, 0.15) is 0 Å². The van der Waals surface area contributed by atoms with E-state index < -0.39 is 0 Å². The first-order chi connectivity index (χ1) is 9.38. The third kappa shape index (κ3) is 2.86. The molecule has 2 atom stereocenters. The molecular weight excluding hydrogens is 230 g/mol. The molecule has 2 unspecified atom stereocenters. The van der Waals surface area contributed by atoms with Gasteiger partial charge in [-0.05, 0) is 55.2 Å². The van der Waals surface area contributed by atoms with Gasteiger partial charge >= 0.3 is 0 Å². The zero-order valence-corrected chi connectivity index (χ0v) is 12.2. The molecule has 0 heterocycles. The second kappa shape index (κ2) is 6.09. The second-order valence-corrected chi connectivity index (χ2v) is 6.35. The Morgan fingerprint density at radius 1 is 0.895 bits per heavy atom. The van der Waals surface area contributed by atoms with E-state index in [0.717, 1.165) is 18.4 Å². The molecule has 2 aliphatic rings. The Morgan fingerprint density at radius 3 is 2.21 bits per heavy atom. The van der Waals surface area contributed by atoms with E-state index in [0.29, 0.717) is 6.04 Å². The lowest BCUT2D eigenvalue weighted by Gasteiger charge is -2.33. The van der Waals surface area contributed by atoms with Crippen molar-refractivity contribution in [3.8, 4) is 0 Å². The number of hydrogen-bond acceptors (Lipinski definition) is 1. The van der Waals surface area contributed by atoms with E-state index in [4.69, 9.17) is 0 Å². The summed E-state index contributed by atoms with van der Waals surface area (Å²) in [6.45, 7) is 3.33. The van der Waals surface area contributed by atoms with Crippen molar-refractivity contribution in [2.24, 2.45) is 0 Å². The zero-order chi connectivity index (χ0) is 13.1. The van der Waals surface area contributed by atoms with Gasteiger partial charge in [-0.1, -0.05) is 50.5 Å². The van der Waals surface area contributed by atoms with E-state index in [1.807, 2.05) is 0 Å². The lowest BCUT2D eigenvalue weighted by molar-refractivity contribution is 0.332. The molecular formula is C18H27N. The Labute approximate surface area is 117 Å². The van der Waals surface area contributed by atoms with Gasteiger partial charge in [-0.2, -0.15) is 0 Å². The molecule has 1 aromatic rings. The maximum Gasteiger partial charge on any atom is 0.0136 e. The van der Waals surface area contributed by atoms with Crippen molar-refractivity contribution in [2.45, 2.75) is 69.7 Å². The van der Waals surface area contributed by atoms with Crippen LogP contribution in [0.1, 0.15) is 74.8 Å². The molecule has 2 fully saturated rings. The third-order valence-corrected chi connectivity index (χ3v) is 5.17. The van der Waals surface area contributed by atoms with Crippen LogP contribution in [0.3, 0.4) is 0 Å². The molecule has 0 radical (unpaired) electrons. The summed E-state index contributed by atoms with van der Waals surface area (Å²) < 4.78 is 0. The average molecular weight is 257 g/mol. The maximum atomic E-state index is 3.69. The molecule has 3 rings (SSSR count). The Bertz CT molecular complexity index is 389. The van der Waals surface area contributed by atoms with Crippen LogP contribution in [0, 0.1) is 0 Å². The molecule has 1 heteroatoms. The van der Waals surface area contributed by atoms with E-state index in [-0.39, 0.29) is 0 Å². The fourth-order valence-corrected chi connectivity index (χ4v) is 3.79. The highest BCUT2D eigenvalue weighted by Crippen LogP contribution is 2.38. The Morgan fingerprint density at radius 2 is 1.58 bits per heavy atom. The number of hydrogen-bond donors (Lipinski definition) is 1. The molecule has 2 aliphatic carbocycles. The highest BCUT2D eigenvalue weighted by Gasteiger charge is 2.26. The summed E-state index contributed by atoms with van der Waals surface area (Å²) >= 11 is 0. The minimum absolute atomic E-state index is 0.702. The van der Waals surface area contributed by atoms with Crippen molar-refractivity contribution in [2.75, 3.05) is 6.54 Å². The molecule has 1 N–H and O–H groups in total. The molecule has 0 bridgehead atoms. The van der Waals surface area contributed by atoms with Crippen molar-refractivity contribution >= 4 is 0 Å². The zero-order valence-electron chi connectivity index (χ0n) is 12.2. The fourth-order valence-electron chi connectivity index (χ4n) is 3.79. The molecule has 1 nitrogen and oxygen atoms in total. The maximum absolute atomic E-state index is 3.69. The molecule has 0 spiro atoms. The topological polar surface area (TPSA) is 12.0 Å². The van der Waals surface area contributed by atoms with Crippen molar-refractivity contribution < 1.29 is 0 Å². The first kappa shape index (κ1) is 13.2. The predicted octanol–water partition coefficient (Wildman–Crippen LogP) is 4.59. The molecule has 1 aromatic carbocycles. The summed E-state index contributed by atoms with van der Waals surface area (Å²) in [6, 6.07) is 10.3. The number of likely N-dealkylation sites (N-methyl/N-ethyl adjacent to an activating group) is 1. The first-order valence-corrected chi connectivity index (χ1v) is 8.21. The molecule has 0 amide bonds. The monoisotopic (exact) mass is 257 g/mol. The molecule has 0 aliphatic heterocycles. The van der Waals surface area contributed by atoms with Crippen LogP contribution in [0.25, 0.3) is 0 Å². The van der Waals surface area contributed by atoms with Crippen LogP contribution in [-0.2, 0) is 0 Å². The van der Waals surface area contributed by atoms with Crippen LogP contribution in [0.15, 0.2) is 24.3 Å². The van der Waals surface area contributed by atoms with E-state index in [1.165, 1.54) is 44.9 Å². The number of rotatable bonds is 4. The summed E-state index contributed by atoms with van der Waals surface area (Å²) in [5.74, 6) is 1.61. The van der Waals surface area contributed by atoms with E-state index in [9.17, 15) is 0 Å². The summed E-state index contributed by atoms with van der Waals surface area (Å²) in [4.78, 5) is 0. The second-order valence-electron chi connectivity index (χ2n) is 6.35. The molecule has 104 valence electrons. The van der Waals surface area contributed by atoms with Gasteiger partial charge in [-0.25, -0.2) is 0 Å². The lowest BCUT2D eigenvalue weighted by Crippen LogP contribution is -2.37. The van der Waals surface area contributed by atoms with Gasteiger partial charge in [0.2, 0.25) is 0 Å². The van der Waals surface area contributed by atoms with Gasteiger partial charge in [0, 0.05) is 6.04 Å². The number of benzene rings is 1. The van der Waals surface area contributed by atoms with Crippen LogP contribution < -0.4 is 5.32 Å². The van der Waals surface area contributed by atoms with Gasteiger partial charge < -0.3 is 5.32 Å². The third-order valence-electron chi connectivity index (χ3n) is 5.17. The lowest BCUT2D eigenvalue weighted by atomic mass is 9.77. The highest BCUT2D eigenvalue weighted by atomic mass is 14.9. The SMILES string of the molecule is CCNC1CCCCC1c1ccc(C2CCC2)cc1. The molecule has 0 saturated heterocycles. The van der Waals surface area contributed by atoms with Crippen LogP contribution in [0.2, 0.25) is 0 Å². The molecule has 2 saturated carbocycles. The van der Waals surface area contributed by atoms with Crippen molar-refractivity contribution in [3.63, 3.8) is 0 Å². The van der Waals surface area contributed by atoms with Crippen molar-refractivity contribution in [1.29, 1.82) is 0 Å². The van der Waals surface area contributed by atoms with E-state index in [2.05, 4.69) is 36.5 Å². The van der Waals surface area contributed by atoms with Crippen LogP contribution >= 0.6 is 0 Å². The van der Waals surface area contributed by atoms with Gasteiger partial charge in [0.15, 0.2) is 0 Å². The van der Waals surface area contributed by atoms with Crippen LogP contribution in [-0.4, -0.2) is 12.6 Å². The van der Waals surface area contributed by atoms with Gasteiger partial charge in [-0.3, -0.25) is 0 Å². The summed E-state index contributed by atoms with van der Waals surface area (Å²) in [5, 5.41) is 3.69. The summed E-state index contributed by atoms with van der Waals surface area (Å²) in [6.07, 6.45) is 9.75. The predicted molar refractivity (Wildman–Crippen MR) is 81.7 cm³/mol. The van der Waals surface area contributed by atoms with Crippen molar-refractivity contribution in [3.05, 3.63) is 35.4 Å².